The van der Waals surface area contributed by atoms with Gasteiger partial charge in [0.25, 0.3) is 5.91 Å². The number of benzene rings is 1. The highest BCUT2D eigenvalue weighted by molar-refractivity contribution is 6.24. The van der Waals surface area contributed by atoms with Gasteiger partial charge in [-0.15, -0.1) is 0 Å². The van der Waals surface area contributed by atoms with Gasteiger partial charge in [0, 0.05) is 37.7 Å². The predicted molar refractivity (Wildman–Crippen MR) is 163 cm³/mol. The van der Waals surface area contributed by atoms with E-state index in [4.69, 9.17) is 5.73 Å². The summed E-state index contributed by atoms with van der Waals surface area (Å²) < 4.78 is 45.1. The first-order valence-electron chi connectivity index (χ1n) is 16.1. The van der Waals surface area contributed by atoms with Crippen molar-refractivity contribution in [3.63, 3.8) is 0 Å². The van der Waals surface area contributed by atoms with Crippen molar-refractivity contribution in [3.8, 4) is 5.75 Å². The van der Waals surface area contributed by atoms with Crippen LogP contribution in [-0.4, -0.2) is 111 Å². The molecule has 0 unspecified atom stereocenters. The number of fused-ring (bicyclic) bond motifs is 3. The first-order valence-corrected chi connectivity index (χ1v) is 16.1. The number of Topliss-reactive ketones (excluding diaryl/α,β-unsaturated/α-hetero) is 2. The van der Waals surface area contributed by atoms with E-state index in [1.807, 2.05) is 4.90 Å². The average Bonchev–Trinajstić information content (AvgIpc) is 3.62. The fraction of sp³-hybridized carbons (Fsp3) is 0.606. The molecule has 1 aromatic carbocycles. The lowest BCUT2D eigenvalue weighted by molar-refractivity contribution is -0.153. The summed E-state index contributed by atoms with van der Waals surface area (Å²) in [6.45, 7) is 3.73. The third-order valence-electron chi connectivity index (χ3n) is 10.6. The van der Waals surface area contributed by atoms with Gasteiger partial charge in [-0.05, 0) is 94.7 Å². The Bertz CT molecular complexity index is 1580. The number of phenolic OH excluding ortho intramolecular Hbond substituents is 1. The predicted octanol–water partition coefficient (Wildman–Crippen LogP) is 2.29. The second-order valence-corrected chi connectivity index (χ2v) is 14.0. The minimum absolute atomic E-state index is 0.0743. The molecule has 1 heterocycles. The van der Waals surface area contributed by atoms with E-state index in [0.717, 1.165) is 51.4 Å². The van der Waals surface area contributed by atoms with Crippen LogP contribution < -0.4 is 5.73 Å². The number of hydrogen-bond donors (Lipinski definition) is 5. The molecule has 2 saturated carbocycles. The molecular weight excluding hydrogens is 621 g/mol. The molecule has 0 aromatic heterocycles. The van der Waals surface area contributed by atoms with Gasteiger partial charge in [0.15, 0.2) is 11.4 Å². The topological polar surface area (TPSA) is 168 Å². The first kappa shape index (κ1) is 33.4. The number of carbonyl (C=O) groups excluding carboxylic acids is 3. The van der Waals surface area contributed by atoms with Gasteiger partial charge in [-0.25, -0.2) is 0 Å². The van der Waals surface area contributed by atoms with Crippen LogP contribution in [0.25, 0.3) is 5.76 Å². The lowest BCUT2D eigenvalue weighted by atomic mass is 9.57. The molecule has 3 fully saturated rings. The molecule has 6 N–H and O–H groups in total. The third-order valence-corrected chi connectivity index (χ3v) is 10.6. The van der Waals surface area contributed by atoms with Gasteiger partial charge in [0.1, 0.15) is 22.8 Å². The van der Waals surface area contributed by atoms with Gasteiger partial charge < -0.3 is 31.1 Å². The van der Waals surface area contributed by atoms with Gasteiger partial charge in [-0.2, -0.15) is 13.2 Å². The summed E-state index contributed by atoms with van der Waals surface area (Å²) in [5.41, 5.74) is -1.05. The molecule has 1 amide bonds. The number of carbonyl (C=O) groups is 3. The highest BCUT2D eigenvalue weighted by Gasteiger charge is 2.64. The Morgan fingerprint density at radius 3 is 2.36 bits per heavy atom. The van der Waals surface area contributed by atoms with Gasteiger partial charge in [-0.3, -0.25) is 24.2 Å². The molecule has 47 heavy (non-hydrogen) atoms. The summed E-state index contributed by atoms with van der Waals surface area (Å²) in [5.74, 6) is -8.51. The molecule has 1 saturated heterocycles. The lowest BCUT2D eigenvalue weighted by Crippen LogP contribution is -2.65. The maximum absolute atomic E-state index is 15.0. The van der Waals surface area contributed by atoms with Crippen LogP contribution in [0.4, 0.5) is 13.2 Å². The molecule has 0 bridgehead atoms. The molecular formula is C33H41F3N4O7. The standard InChI is InChI=1S/C33H41F3N4O7/c1-38(2)26-20-12-17-11-19-23(27(42)22(17)29(44)32(20,47)30(45)24(28(26)43)31(37)46)21(41)13-18(25(19)33(34,35)36)15-40(14-16-5-6-16)10-9-39-7-3-4-8-39/h13,16-17,20,26,41-42,45,47H,3-12,14-15H2,1-2H3,(H2,37,46)/t17-,20-,26-,32-/m0/s1. The normalized spacial score (nSPS) is 28.3. The second-order valence-electron chi connectivity index (χ2n) is 14.0. The molecule has 256 valence electrons. The van der Waals surface area contributed by atoms with Crippen LogP contribution in [0.15, 0.2) is 23.0 Å². The van der Waals surface area contributed by atoms with Gasteiger partial charge >= 0.3 is 6.18 Å². The number of phenols is 1. The molecule has 0 spiro atoms. The number of likely N-dealkylation sites (N-methyl/N-ethyl adjacent to an activating group) is 1. The quantitative estimate of drug-likeness (QED) is 0.248. The van der Waals surface area contributed by atoms with Crippen molar-refractivity contribution in [3.05, 3.63) is 45.2 Å². The molecule has 11 nitrogen and oxygen atoms in total. The Balaban J connectivity index is 1.44. The summed E-state index contributed by atoms with van der Waals surface area (Å²) >= 11 is 0. The van der Waals surface area contributed by atoms with E-state index in [-0.39, 0.29) is 24.1 Å². The van der Waals surface area contributed by atoms with Crippen LogP contribution in [0, 0.1) is 17.8 Å². The van der Waals surface area contributed by atoms with Crippen molar-refractivity contribution < 1.29 is 48.0 Å². The summed E-state index contributed by atoms with van der Waals surface area (Å²) in [4.78, 5) is 45.1. The van der Waals surface area contributed by atoms with E-state index in [1.165, 1.54) is 19.0 Å². The minimum Gasteiger partial charge on any atom is -0.508 e. The molecule has 5 aliphatic rings. The zero-order valence-electron chi connectivity index (χ0n) is 26.4. The number of likely N-dealkylation sites (tertiary alicyclic amines) is 1. The van der Waals surface area contributed by atoms with Crippen molar-refractivity contribution in [2.24, 2.45) is 23.5 Å². The van der Waals surface area contributed by atoms with Crippen LogP contribution in [0.1, 0.15) is 54.4 Å². The van der Waals surface area contributed by atoms with Crippen LogP contribution in [0.2, 0.25) is 0 Å². The van der Waals surface area contributed by atoms with Crippen molar-refractivity contribution in [1.29, 1.82) is 0 Å². The Hall–Kier alpha value is -3.46. The van der Waals surface area contributed by atoms with Crippen molar-refractivity contribution in [2.45, 2.75) is 62.9 Å². The van der Waals surface area contributed by atoms with E-state index in [0.29, 0.717) is 19.0 Å². The minimum atomic E-state index is -4.88. The average molecular weight is 663 g/mol. The van der Waals surface area contributed by atoms with E-state index < -0.39 is 93.1 Å². The second kappa shape index (κ2) is 11.9. The van der Waals surface area contributed by atoms with Crippen LogP contribution >= 0.6 is 0 Å². The van der Waals surface area contributed by atoms with Crippen molar-refractivity contribution in [2.75, 3.05) is 46.8 Å². The number of aliphatic hydroxyl groups excluding tert-OH is 2. The third kappa shape index (κ3) is 5.62. The van der Waals surface area contributed by atoms with Gasteiger partial charge in [-0.1, -0.05) is 0 Å². The smallest absolute Gasteiger partial charge is 0.417 e. The molecule has 0 radical (unpaired) electrons. The highest BCUT2D eigenvalue weighted by atomic mass is 19.4. The Morgan fingerprint density at radius 2 is 1.79 bits per heavy atom. The molecule has 4 aliphatic carbocycles. The van der Waals surface area contributed by atoms with Crippen LogP contribution in [0.5, 0.6) is 5.75 Å². The van der Waals surface area contributed by atoms with E-state index in [2.05, 4.69) is 4.90 Å². The highest BCUT2D eigenvalue weighted by Crippen LogP contribution is 2.54. The lowest BCUT2D eigenvalue weighted by Gasteiger charge is -2.50. The SMILES string of the molecule is CN(C)[C@@H]1C(=O)C(C(N)=O)=C(O)[C@@]2(O)C(=O)C3=C(O)c4c(O)cc(CN(CCN5CCCC5)CC5CC5)c(C(F)(F)F)c4C[C@H]3C[C@@H]12. The van der Waals surface area contributed by atoms with Crippen molar-refractivity contribution >= 4 is 23.2 Å². The number of amides is 1. The number of alkyl halides is 3. The number of ketones is 2. The zero-order chi connectivity index (χ0) is 34.2. The van der Waals surface area contributed by atoms with E-state index in [1.54, 1.807) is 0 Å². The monoisotopic (exact) mass is 662 g/mol. The number of aliphatic hydroxyl groups is 3. The molecule has 1 aromatic rings. The van der Waals surface area contributed by atoms with Crippen LogP contribution in [0.3, 0.4) is 0 Å². The van der Waals surface area contributed by atoms with E-state index in [9.17, 15) is 34.8 Å². The number of aromatic hydroxyl groups is 1. The number of halogens is 3. The number of hydrogen-bond acceptors (Lipinski definition) is 10. The largest absolute Gasteiger partial charge is 0.508 e. The summed E-state index contributed by atoms with van der Waals surface area (Å²) in [7, 11) is 2.91. The zero-order valence-corrected chi connectivity index (χ0v) is 26.4. The summed E-state index contributed by atoms with van der Waals surface area (Å²) in [6.07, 6.45) is -1.41. The molecule has 1 aliphatic heterocycles. The van der Waals surface area contributed by atoms with Gasteiger partial charge in [0.05, 0.1) is 17.2 Å². The molecule has 4 atom stereocenters. The number of nitrogens with two attached hydrogens (primary N) is 1. The summed E-state index contributed by atoms with van der Waals surface area (Å²) in [5, 5.41) is 45.3. The number of primary amides is 1. The van der Waals surface area contributed by atoms with Crippen LogP contribution in [-0.2, 0) is 33.5 Å². The van der Waals surface area contributed by atoms with Crippen molar-refractivity contribution in [1.82, 2.24) is 14.7 Å². The fourth-order valence-electron chi connectivity index (χ4n) is 8.29. The molecule has 6 rings (SSSR count). The van der Waals surface area contributed by atoms with Gasteiger partial charge in [0.2, 0.25) is 5.78 Å². The maximum Gasteiger partial charge on any atom is 0.417 e. The summed E-state index contributed by atoms with van der Waals surface area (Å²) in [6, 6.07) is -0.343. The first-order chi connectivity index (χ1) is 22.0. The maximum atomic E-state index is 15.0. The Kier molecular flexibility index (Phi) is 8.47. The number of rotatable bonds is 9. The number of nitrogens with zero attached hydrogens (tertiary/aromatic N) is 3. The fourth-order valence-corrected chi connectivity index (χ4v) is 8.29. The Labute approximate surface area is 270 Å². The Morgan fingerprint density at radius 1 is 1.13 bits per heavy atom. The van der Waals surface area contributed by atoms with E-state index >= 15 is 13.2 Å². The molecule has 14 heteroatoms.